The highest BCUT2D eigenvalue weighted by Gasteiger charge is 2.34. The molecule has 1 N–H and O–H groups in total. The second-order valence-electron chi connectivity index (χ2n) is 5.96. The van der Waals surface area contributed by atoms with Gasteiger partial charge in [0.1, 0.15) is 6.54 Å². The fourth-order valence-corrected chi connectivity index (χ4v) is 2.41. The van der Waals surface area contributed by atoms with E-state index in [9.17, 15) is 9.59 Å². The number of carbonyl (C=O) groups is 2. The molecule has 1 heterocycles. The van der Waals surface area contributed by atoms with E-state index in [2.05, 4.69) is 0 Å². The Hall–Kier alpha value is -2.04. The summed E-state index contributed by atoms with van der Waals surface area (Å²) in [7, 11) is 0. The smallest absolute Gasteiger partial charge is 0.325 e. The molecular formula is C15H20N2O3. The van der Waals surface area contributed by atoms with Gasteiger partial charge < -0.3 is 10.0 Å². The standard InChI is InChI=1S/C15H20N2O3/c1-15(2,3)17(10-13(18)19)14(20)16-9-8-11-6-4-5-7-12(11)16/h4-7H,8-10H2,1-3H3,(H,18,19). The Morgan fingerprint density at radius 3 is 2.55 bits per heavy atom. The van der Waals surface area contributed by atoms with E-state index in [1.54, 1.807) is 4.90 Å². The third-order valence-corrected chi connectivity index (χ3v) is 3.45. The predicted molar refractivity (Wildman–Crippen MR) is 77.0 cm³/mol. The third-order valence-electron chi connectivity index (χ3n) is 3.45. The minimum absolute atomic E-state index is 0.246. The van der Waals surface area contributed by atoms with Crippen molar-refractivity contribution in [2.45, 2.75) is 32.7 Å². The van der Waals surface area contributed by atoms with Gasteiger partial charge in [0.05, 0.1) is 0 Å². The number of para-hydroxylation sites is 1. The van der Waals surface area contributed by atoms with E-state index >= 15 is 0 Å². The van der Waals surface area contributed by atoms with Crippen LogP contribution in [0.1, 0.15) is 26.3 Å². The molecule has 0 aromatic heterocycles. The first-order valence-corrected chi connectivity index (χ1v) is 6.69. The Morgan fingerprint density at radius 2 is 1.95 bits per heavy atom. The summed E-state index contributed by atoms with van der Waals surface area (Å²) in [5, 5.41) is 9.02. The summed E-state index contributed by atoms with van der Waals surface area (Å²) in [5.74, 6) is -0.999. The van der Waals surface area contributed by atoms with Gasteiger partial charge in [0.2, 0.25) is 0 Å². The molecule has 0 unspecified atom stereocenters. The summed E-state index contributed by atoms with van der Waals surface area (Å²) >= 11 is 0. The molecule has 0 spiro atoms. The number of anilines is 1. The average Bonchev–Trinajstić information content (AvgIpc) is 2.77. The van der Waals surface area contributed by atoms with Crippen LogP contribution in [0.25, 0.3) is 0 Å². The van der Waals surface area contributed by atoms with Crippen molar-refractivity contribution in [3.63, 3.8) is 0 Å². The van der Waals surface area contributed by atoms with Crippen LogP contribution >= 0.6 is 0 Å². The molecule has 2 amide bonds. The number of urea groups is 1. The van der Waals surface area contributed by atoms with Crippen molar-refractivity contribution in [3.05, 3.63) is 29.8 Å². The predicted octanol–water partition coefficient (Wildman–Crippen LogP) is 2.35. The summed E-state index contributed by atoms with van der Waals surface area (Å²) in [4.78, 5) is 26.8. The molecule has 2 rings (SSSR count). The molecule has 1 aliphatic rings. The molecule has 0 fully saturated rings. The molecule has 20 heavy (non-hydrogen) atoms. The van der Waals surface area contributed by atoms with Crippen LogP contribution in [0, 0.1) is 0 Å². The van der Waals surface area contributed by atoms with Crippen LogP contribution in [-0.4, -0.2) is 40.6 Å². The maximum Gasteiger partial charge on any atom is 0.325 e. The molecule has 0 aliphatic carbocycles. The fourth-order valence-electron chi connectivity index (χ4n) is 2.41. The molecule has 0 saturated heterocycles. The lowest BCUT2D eigenvalue weighted by molar-refractivity contribution is -0.138. The van der Waals surface area contributed by atoms with Gasteiger partial charge in [-0.3, -0.25) is 9.69 Å². The van der Waals surface area contributed by atoms with E-state index in [0.29, 0.717) is 6.54 Å². The first kappa shape index (κ1) is 14.4. The summed E-state index contributed by atoms with van der Waals surface area (Å²) < 4.78 is 0. The number of carboxylic acids is 1. The lowest BCUT2D eigenvalue weighted by atomic mass is 10.1. The number of nitrogens with zero attached hydrogens (tertiary/aromatic N) is 2. The number of carbonyl (C=O) groups excluding carboxylic acids is 1. The molecule has 5 nitrogen and oxygen atoms in total. The van der Waals surface area contributed by atoms with Crippen LogP contribution in [0.5, 0.6) is 0 Å². The van der Waals surface area contributed by atoms with Crippen LogP contribution in [0.2, 0.25) is 0 Å². The van der Waals surface area contributed by atoms with Gasteiger partial charge in [-0.15, -0.1) is 0 Å². The molecule has 0 bridgehead atoms. The number of rotatable bonds is 2. The zero-order chi connectivity index (χ0) is 14.9. The molecule has 0 saturated carbocycles. The van der Waals surface area contributed by atoms with Crippen LogP contribution in [0.3, 0.4) is 0 Å². The highest BCUT2D eigenvalue weighted by atomic mass is 16.4. The maximum absolute atomic E-state index is 12.7. The number of carboxylic acid groups (broad SMARTS) is 1. The van der Waals surface area contributed by atoms with Crippen LogP contribution < -0.4 is 4.90 Å². The van der Waals surface area contributed by atoms with Gasteiger partial charge in [-0.25, -0.2) is 4.79 Å². The monoisotopic (exact) mass is 276 g/mol. The number of benzene rings is 1. The minimum atomic E-state index is -0.999. The Balaban J connectivity index is 2.28. The molecule has 0 atom stereocenters. The van der Waals surface area contributed by atoms with Gasteiger partial charge in [-0.05, 0) is 38.8 Å². The van der Waals surface area contributed by atoms with Crippen molar-refractivity contribution in [2.75, 3.05) is 18.0 Å². The lowest BCUT2D eigenvalue weighted by Gasteiger charge is -2.37. The zero-order valence-corrected chi connectivity index (χ0v) is 12.1. The SMILES string of the molecule is CC(C)(C)N(CC(=O)O)C(=O)N1CCc2ccccc21. The molecule has 1 aromatic carbocycles. The number of hydrogen-bond acceptors (Lipinski definition) is 2. The summed E-state index contributed by atoms with van der Waals surface area (Å²) in [6.45, 7) is 5.84. The molecule has 0 radical (unpaired) electrons. The molecule has 108 valence electrons. The van der Waals surface area contributed by atoms with Gasteiger partial charge in [-0.1, -0.05) is 18.2 Å². The zero-order valence-electron chi connectivity index (χ0n) is 12.1. The molecular weight excluding hydrogens is 256 g/mol. The van der Waals surface area contributed by atoms with Crippen LogP contribution in [0.15, 0.2) is 24.3 Å². The number of hydrogen-bond donors (Lipinski definition) is 1. The second-order valence-corrected chi connectivity index (χ2v) is 5.96. The Kier molecular flexibility index (Phi) is 3.70. The first-order valence-electron chi connectivity index (χ1n) is 6.69. The maximum atomic E-state index is 12.7. The molecule has 1 aliphatic heterocycles. The Labute approximate surface area is 118 Å². The minimum Gasteiger partial charge on any atom is -0.480 e. The van der Waals surface area contributed by atoms with Crippen LogP contribution in [0.4, 0.5) is 10.5 Å². The highest BCUT2D eigenvalue weighted by molar-refractivity contribution is 5.96. The van der Waals surface area contributed by atoms with Gasteiger partial charge in [0.15, 0.2) is 0 Å². The van der Waals surface area contributed by atoms with Crippen molar-refractivity contribution in [2.24, 2.45) is 0 Å². The van der Waals surface area contributed by atoms with Crippen molar-refractivity contribution >= 4 is 17.7 Å². The Morgan fingerprint density at radius 1 is 1.30 bits per heavy atom. The van der Waals surface area contributed by atoms with Crippen molar-refractivity contribution in [1.29, 1.82) is 0 Å². The summed E-state index contributed by atoms with van der Waals surface area (Å²) in [6, 6.07) is 7.50. The van der Waals surface area contributed by atoms with Crippen molar-refractivity contribution in [3.8, 4) is 0 Å². The van der Waals surface area contributed by atoms with E-state index in [4.69, 9.17) is 5.11 Å². The summed E-state index contributed by atoms with van der Waals surface area (Å²) in [6.07, 6.45) is 0.812. The first-order chi connectivity index (χ1) is 9.30. The van der Waals surface area contributed by atoms with E-state index in [0.717, 1.165) is 17.7 Å². The van der Waals surface area contributed by atoms with E-state index < -0.39 is 11.5 Å². The number of amides is 2. The molecule has 1 aromatic rings. The fraction of sp³-hybridized carbons (Fsp3) is 0.467. The van der Waals surface area contributed by atoms with Crippen molar-refractivity contribution < 1.29 is 14.7 Å². The van der Waals surface area contributed by atoms with Gasteiger partial charge in [0.25, 0.3) is 0 Å². The normalized spacial score (nSPS) is 14.1. The van der Waals surface area contributed by atoms with Gasteiger partial charge >= 0.3 is 12.0 Å². The van der Waals surface area contributed by atoms with Gasteiger partial charge in [-0.2, -0.15) is 0 Å². The summed E-state index contributed by atoms with van der Waals surface area (Å²) in [5.41, 5.74) is 1.48. The highest BCUT2D eigenvalue weighted by Crippen LogP contribution is 2.29. The lowest BCUT2D eigenvalue weighted by Crippen LogP contribution is -2.53. The second kappa shape index (κ2) is 5.15. The quantitative estimate of drug-likeness (QED) is 0.902. The topological polar surface area (TPSA) is 60.9 Å². The van der Waals surface area contributed by atoms with Gasteiger partial charge in [0, 0.05) is 17.8 Å². The third kappa shape index (κ3) is 2.76. The number of aliphatic carboxylic acids is 1. The van der Waals surface area contributed by atoms with Crippen LogP contribution in [-0.2, 0) is 11.2 Å². The van der Waals surface area contributed by atoms with E-state index in [1.165, 1.54) is 4.90 Å². The molecule has 5 heteroatoms. The number of fused-ring (bicyclic) bond motifs is 1. The van der Waals surface area contributed by atoms with E-state index in [-0.39, 0.29) is 12.6 Å². The van der Waals surface area contributed by atoms with Crippen molar-refractivity contribution in [1.82, 2.24) is 4.90 Å². The van der Waals surface area contributed by atoms with E-state index in [1.807, 2.05) is 45.0 Å². The largest absolute Gasteiger partial charge is 0.480 e. The Bertz CT molecular complexity index is 534. The average molecular weight is 276 g/mol.